The molecule has 4 aliphatic rings. The van der Waals surface area contributed by atoms with Crippen molar-refractivity contribution in [2.45, 2.75) is 45.1 Å². The number of para-hydroxylation sites is 1. The van der Waals surface area contributed by atoms with Crippen LogP contribution in [0, 0.1) is 18.6 Å². The molecule has 2 unspecified atom stereocenters. The minimum absolute atomic E-state index is 0.0150. The molecule has 4 aromatic rings. The number of fused-ring (bicyclic) bond motifs is 2. The maximum Gasteiger partial charge on any atom is 0.264 e. The number of amides is 5. The smallest absolute Gasteiger partial charge is 0.264 e. The van der Waals surface area contributed by atoms with E-state index < -0.39 is 47.7 Å². The summed E-state index contributed by atoms with van der Waals surface area (Å²) in [5.74, 6) is -3.38. The third-order valence-corrected chi connectivity index (χ3v) is 11.4. The highest BCUT2D eigenvalue weighted by atomic mass is 19.1. The van der Waals surface area contributed by atoms with Gasteiger partial charge in [0, 0.05) is 49.9 Å². The molecule has 0 spiro atoms. The minimum Gasteiger partial charge on any atom is -0.489 e. The van der Waals surface area contributed by atoms with Gasteiger partial charge in [0.25, 0.3) is 11.8 Å². The van der Waals surface area contributed by atoms with Crippen molar-refractivity contribution in [3.8, 4) is 17.0 Å². The molecule has 4 aliphatic heterocycles. The van der Waals surface area contributed by atoms with Gasteiger partial charge in [-0.15, -0.1) is 0 Å². The topological polar surface area (TPSA) is 186 Å². The molecule has 3 atom stereocenters. The quantitative estimate of drug-likeness (QED) is 0.105. The Morgan fingerprint density at radius 3 is 2.49 bits per heavy atom. The van der Waals surface area contributed by atoms with Crippen molar-refractivity contribution >= 4 is 52.6 Å². The zero-order valence-corrected chi connectivity index (χ0v) is 34.5. The number of pyridine rings is 1. The molecule has 3 N–H and O–H groups in total. The van der Waals surface area contributed by atoms with Crippen molar-refractivity contribution in [1.29, 1.82) is 0 Å². The van der Waals surface area contributed by atoms with Gasteiger partial charge in [-0.2, -0.15) is 0 Å². The number of aliphatic imine (C=N–C) groups is 1. The molecule has 0 saturated carbocycles. The number of nitrogens with one attached hydrogen (secondary N) is 2. The van der Waals surface area contributed by atoms with Crippen LogP contribution in [0.4, 0.5) is 26.0 Å². The van der Waals surface area contributed by atoms with Gasteiger partial charge in [0.05, 0.1) is 35.6 Å². The van der Waals surface area contributed by atoms with Gasteiger partial charge < -0.3 is 29.7 Å². The molecule has 3 aromatic carbocycles. The number of ether oxygens (including phenoxy) is 2. The fourth-order valence-electron chi connectivity index (χ4n) is 8.36. The number of halogens is 2. The predicted octanol–water partition coefficient (Wildman–Crippen LogP) is 4.14. The number of aromatic nitrogens is 1. The first-order valence-electron chi connectivity index (χ1n) is 20.5. The Hall–Kier alpha value is -7.05. The number of anilines is 3. The Balaban J connectivity index is 0.976. The molecule has 2 fully saturated rings. The summed E-state index contributed by atoms with van der Waals surface area (Å²) in [5.41, 5.74) is 1.63. The lowest BCUT2D eigenvalue weighted by Crippen LogP contribution is -2.56. The average Bonchev–Trinajstić information content (AvgIpc) is 3.52. The van der Waals surface area contributed by atoms with E-state index in [4.69, 9.17) is 9.47 Å². The van der Waals surface area contributed by atoms with Crippen molar-refractivity contribution < 1.29 is 47.3 Å². The molecule has 18 heteroatoms. The largest absolute Gasteiger partial charge is 0.489 e. The molecule has 16 nitrogen and oxygen atoms in total. The summed E-state index contributed by atoms with van der Waals surface area (Å²) in [7, 11) is 0. The van der Waals surface area contributed by atoms with E-state index in [2.05, 4.69) is 27.2 Å². The molecule has 5 heterocycles. The number of piperidine rings is 1. The maximum atomic E-state index is 16.1. The van der Waals surface area contributed by atoms with Crippen LogP contribution in [-0.4, -0.2) is 125 Å². The first kappa shape index (κ1) is 42.6. The lowest BCUT2D eigenvalue weighted by molar-refractivity contribution is -0.136. The van der Waals surface area contributed by atoms with Crippen LogP contribution in [0.25, 0.3) is 11.3 Å². The van der Waals surface area contributed by atoms with E-state index in [1.807, 2.05) is 11.8 Å². The monoisotopic (exact) mass is 862 g/mol. The van der Waals surface area contributed by atoms with Crippen LogP contribution in [0.2, 0.25) is 0 Å². The van der Waals surface area contributed by atoms with Gasteiger partial charge in [-0.1, -0.05) is 36.9 Å². The SMILES string of the molecule is C=CC(=O)N1CCN(C2=NC(O)N(c3c(C)cccc3OCCOCCNc3cccc4c3C(=O)N(C3CCC(=O)NC3=O)C4=O)c3nc(-c4ccccc4F)c(F)cc32)[C@@H](C)C1. The number of hydrogen-bond donors (Lipinski definition) is 3. The Morgan fingerprint density at radius 1 is 0.952 bits per heavy atom. The van der Waals surface area contributed by atoms with E-state index in [-0.39, 0.29) is 90.8 Å². The summed E-state index contributed by atoms with van der Waals surface area (Å²) in [6.45, 7) is 8.85. The van der Waals surface area contributed by atoms with Crippen molar-refractivity contribution in [2.24, 2.45) is 4.99 Å². The molecule has 326 valence electrons. The van der Waals surface area contributed by atoms with Crippen molar-refractivity contribution in [3.63, 3.8) is 0 Å². The predicted molar refractivity (Wildman–Crippen MR) is 226 cm³/mol. The summed E-state index contributed by atoms with van der Waals surface area (Å²) in [6, 6.07) is 15.6. The number of imide groups is 2. The van der Waals surface area contributed by atoms with Crippen LogP contribution in [-0.2, 0) is 19.1 Å². The number of aliphatic hydroxyl groups excluding tert-OH is 1. The lowest BCUT2D eigenvalue weighted by atomic mass is 10.0. The number of rotatable bonds is 12. The van der Waals surface area contributed by atoms with E-state index >= 15 is 8.78 Å². The van der Waals surface area contributed by atoms with E-state index in [0.29, 0.717) is 42.3 Å². The Kier molecular flexibility index (Phi) is 12.0. The van der Waals surface area contributed by atoms with Crippen molar-refractivity contribution in [2.75, 3.05) is 56.2 Å². The summed E-state index contributed by atoms with van der Waals surface area (Å²) in [4.78, 5) is 78.5. The first-order chi connectivity index (χ1) is 30.4. The molecule has 2 saturated heterocycles. The number of aryl methyl sites for hydroxylation is 1. The van der Waals surface area contributed by atoms with Gasteiger partial charge in [-0.05, 0) is 68.3 Å². The van der Waals surface area contributed by atoms with Crippen LogP contribution in [0.3, 0.4) is 0 Å². The molecular weight excluding hydrogens is 819 g/mol. The number of carbonyl (C=O) groups is 5. The fraction of sp³-hybridized carbons (Fsp3) is 0.311. The van der Waals surface area contributed by atoms with E-state index in [9.17, 15) is 29.1 Å². The van der Waals surface area contributed by atoms with Gasteiger partial charge in [-0.3, -0.25) is 39.1 Å². The third kappa shape index (κ3) is 8.10. The molecule has 5 amide bonds. The highest BCUT2D eigenvalue weighted by Crippen LogP contribution is 2.43. The first-order valence-corrected chi connectivity index (χ1v) is 20.5. The summed E-state index contributed by atoms with van der Waals surface area (Å²) < 4.78 is 43.4. The number of carbonyl (C=O) groups excluding carboxylic acids is 5. The molecule has 1 aromatic heterocycles. The van der Waals surface area contributed by atoms with Crippen LogP contribution in [0.1, 0.15) is 51.6 Å². The molecule has 0 radical (unpaired) electrons. The number of aliphatic hydroxyl groups is 1. The molecule has 63 heavy (non-hydrogen) atoms. The minimum atomic E-state index is -1.58. The highest BCUT2D eigenvalue weighted by Gasteiger charge is 2.46. The summed E-state index contributed by atoms with van der Waals surface area (Å²) >= 11 is 0. The number of piperazine rings is 1. The summed E-state index contributed by atoms with van der Waals surface area (Å²) in [6.07, 6.45) is -0.269. The van der Waals surface area contributed by atoms with E-state index in [1.165, 1.54) is 41.3 Å². The fourth-order valence-corrected chi connectivity index (χ4v) is 8.36. The Bertz CT molecular complexity index is 2570. The van der Waals surface area contributed by atoms with Crippen LogP contribution in [0.15, 0.2) is 84.4 Å². The molecule has 0 aliphatic carbocycles. The number of benzene rings is 3. The number of hydrogen-bond acceptors (Lipinski definition) is 13. The number of nitrogens with zero attached hydrogens (tertiary/aromatic N) is 6. The van der Waals surface area contributed by atoms with Crippen LogP contribution < -0.4 is 20.3 Å². The number of amidine groups is 1. The van der Waals surface area contributed by atoms with Crippen LogP contribution in [0.5, 0.6) is 5.75 Å². The zero-order chi connectivity index (χ0) is 44.5. The van der Waals surface area contributed by atoms with Gasteiger partial charge in [-0.25, -0.2) is 18.8 Å². The Labute approximate surface area is 360 Å². The standard InChI is InChI=1S/C45H44F2N8O8/c1-4-36(57)52-18-19-53(26(3)24-52)40-29-23-31(47)38(27-10-5-6-12-30(27)46)50-41(29)55(45(61)51-40)39-25(2)9-7-14-34(39)63-22-21-62-20-17-48-32-13-8-11-28-37(32)44(60)54(43(28)59)33-15-16-35(56)49-42(33)58/h4-14,23,26,33,45,48,61H,1,15-22,24H2,2-3H3,(H,49,56,58)/t26-,33?,45?/m0/s1. The van der Waals surface area contributed by atoms with Gasteiger partial charge >= 0.3 is 0 Å². The average molecular weight is 863 g/mol. The molecule has 8 rings (SSSR count). The highest BCUT2D eigenvalue weighted by molar-refractivity contribution is 6.25. The zero-order valence-electron chi connectivity index (χ0n) is 34.5. The molecular formula is C45H44F2N8O8. The van der Waals surface area contributed by atoms with Crippen molar-refractivity contribution in [1.82, 2.24) is 25.0 Å². The van der Waals surface area contributed by atoms with Gasteiger partial charge in [0.2, 0.25) is 24.1 Å². The van der Waals surface area contributed by atoms with Gasteiger partial charge in [0.15, 0.2) is 0 Å². The van der Waals surface area contributed by atoms with Crippen molar-refractivity contribution in [3.05, 3.63) is 113 Å². The second-order valence-corrected chi connectivity index (χ2v) is 15.4. The lowest BCUT2D eigenvalue weighted by Gasteiger charge is -2.44. The van der Waals surface area contributed by atoms with Crippen LogP contribution >= 0.6 is 0 Å². The molecule has 0 bridgehead atoms. The maximum absolute atomic E-state index is 16.1. The normalized spacial score (nSPS) is 19.7. The Morgan fingerprint density at radius 2 is 1.73 bits per heavy atom. The summed E-state index contributed by atoms with van der Waals surface area (Å²) in [5, 5.41) is 17.2. The second-order valence-electron chi connectivity index (χ2n) is 15.4. The van der Waals surface area contributed by atoms with Gasteiger partial charge in [0.1, 0.15) is 47.4 Å². The third-order valence-electron chi connectivity index (χ3n) is 11.4. The van der Waals surface area contributed by atoms with E-state index in [1.54, 1.807) is 48.2 Å². The van der Waals surface area contributed by atoms with E-state index in [0.717, 1.165) is 4.90 Å². The second kappa shape index (κ2) is 17.7.